The zero-order chi connectivity index (χ0) is 12.0. The Hall–Kier alpha value is -0.950. The second kappa shape index (κ2) is 5.95. The molecular weight excluding hydrogens is 228 g/mol. The first kappa shape index (κ1) is 13.1. The number of nitrogens with zero attached hydrogens (tertiary/aromatic N) is 3. The van der Waals surface area contributed by atoms with Crippen molar-refractivity contribution >= 4 is 9.84 Å². The van der Waals surface area contributed by atoms with Crippen molar-refractivity contribution in [2.24, 2.45) is 5.73 Å². The average molecular weight is 246 g/mol. The van der Waals surface area contributed by atoms with Crippen LogP contribution in [-0.4, -0.2) is 35.5 Å². The Kier molecular flexibility index (Phi) is 4.88. The van der Waals surface area contributed by atoms with Crippen LogP contribution in [0, 0.1) is 0 Å². The van der Waals surface area contributed by atoms with Crippen LogP contribution in [0.2, 0.25) is 0 Å². The van der Waals surface area contributed by atoms with Crippen molar-refractivity contribution in [1.82, 2.24) is 14.8 Å². The predicted molar refractivity (Wildman–Crippen MR) is 61.5 cm³/mol. The molecule has 1 rings (SSSR count). The minimum atomic E-state index is -3.11. The van der Waals surface area contributed by atoms with Gasteiger partial charge in [-0.1, -0.05) is 6.92 Å². The van der Waals surface area contributed by atoms with E-state index in [1.165, 1.54) is 6.33 Å². The fourth-order valence-corrected chi connectivity index (χ4v) is 2.74. The Bertz CT molecular complexity index is 413. The molecule has 0 aliphatic rings. The van der Waals surface area contributed by atoms with Crippen LogP contribution in [0.15, 0.2) is 6.33 Å². The fourth-order valence-electron chi connectivity index (χ4n) is 1.37. The maximum atomic E-state index is 11.7. The Morgan fingerprint density at radius 3 is 2.88 bits per heavy atom. The first-order valence-corrected chi connectivity index (χ1v) is 7.18. The van der Waals surface area contributed by atoms with Crippen LogP contribution >= 0.6 is 0 Å². The van der Waals surface area contributed by atoms with E-state index in [9.17, 15) is 8.42 Å². The highest BCUT2D eigenvalue weighted by molar-refractivity contribution is 7.90. The Balaban J connectivity index is 2.68. The standard InChI is InChI=1S/C9H18N4O2S/c1-2-5-13-9(11-8-12-13)7-16(14,15)6-3-4-10/h8H,2-7,10H2,1H3. The van der Waals surface area contributed by atoms with Gasteiger partial charge in [-0.25, -0.2) is 18.1 Å². The van der Waals surface area contributed by atoms with E-state index >= 15 is 0 Å². The van der Waals surface area contributed by atoms with E-state index in [4.69, 9.17) is 5.73 Å². The number of sulfone groups is 1. The number of hydrogen-bond acceptors (Lipinski definition) is 5. The van der Waals surface area contributed by atoms with E-state index in [0.29, 0.717) is 25.3 Å². The summed E-state index contributed by atoms with van der Waals surface area (Å²) in [7, 11) is -3.11. The minimum absolute atomic E-state index is 0.0486. The van der Waals surface area contributed by atoms with Gasteiger partial charge in [-0.15, -0.1) is 0 Å². The molecule has 0 atom stereocenters. The number of hydrogen-bond donors (Lipinski definition) is 1. The van der Waals surface area contributed by atoms with Gasteiger partial charge in [-0.3, -0.25) is 0 Å². The molecule has 92 valence electrons. The smallest absolute Gasteiger partial charge is 0.157 e. The Morgan fingerprint density at radius 1 is 1.50 bits per heavy atom. The largest absolute Gasteiger partial charge is 0.330 e. The topological polar surface area (TPSA) is 90.9 Å². The van der Waals surface area contributed by atoms with E-state index in [1.807, 2.05) is 6.92 Å². The molecule has 1 heterocycles. The summed E-state index contributed by atoms with van der Waals surface area (Å²) >= 11 is 0. The normalized spacial score (nSPS) is 11.9. The molecule has 1 aromatic heterocycles. The molecule has 0 amide bonds. The van der Waals surface area contributed by atoms with Crippen LogP contribution in [-0.2, 0) is 22.1 Å². The van der Waals surface area contributed by atoms with Crippen molar-refractivity contribution in [3.05, 3.63) is 12.2 Å². The summed E-state index contributed by atoms with van der Waals surface area (Å²) in [6.45, 7) is 3.09. The van der Waals surface area contributed by atoms with Crippen LogP contribution in [0.5, 0.6) is 0 Å². The summed E-state index contributed by atoms with van der Waals surface area (Å²) in [6.07, 6.45) is 2.78. The van der Waals surface area contributed by atoms with Gasteiger partial charge in [0, 0.05) is 6.54 Å². The molecule has 0 aliphatic heterocycles. The van der Waals surface area contributed by atoms with Gasteiger partial charge in [0.15, 0.2) is 9.84 Å². The maximum Gasteiger partial charge on any atom is 0.157 e. The molecule has 0 aliphatic carbocycles. The first-order chi connectivity index (χ1) is 7.59. The summed E-state index contributed by atoms with van der Waals surface area (Å²) in [5.41, 5.74) is 5.29. The van der Waals surface area contributed by atoms with Gasteiger partial charge in [0.05, 0.1) is 5.75 Å². The third-order valence-electron chi connectivity index (χ3n) is 2.14. The van der Waals surface area contributed by atoms with Crippen LogP contribution in [0.3, 0.4) is 0 Å². The number of nitrogens with two attached hydrogens (primary N) is 1. The lowest BCUT2D eigenvalue weighted by Gasteiger charge is -2.05. The number of rotatable bonds is 7. The van der Waals surface area contributed by atoms with E-state index in [-0.39, 0.29) is 11.5 Å². The van der Waals surface area contributed by atoms with Crippen molar-refractivity contribution in [1.29, 1.82) is 0 Å². The molecule has 0 spiro atoms. The molecule has 0 radical (unpaired) electrons. The number of aromatic nitrogens is 3. The highest BCUT2D eigenvalue weighted by Crippen LogP contribution is 2.05. The first-order valence-electron chi connectivity index (χ1n) is 5.36. The molecule has 0 saturated heterocycles. The molecule has 0 aromatic carbocycles. The summed E-state index contributed by atoms with van der Waals surface area (Å²) in [6, 6.07) is 0. The van der Waals surface area contributed by atoms with Crippen LogP contribution in [0.1, 0.15) is 25.6 Å². The molecule has 1 aromatic rings. The minimum Gasteiger partial charge on any atom is -0.330 e. The predicted octanol–water partition coefficient (Wildman–Crippen LogP) is -0.0483. The molecule has 0 bridgehead atoms. The summed E-state index contributed by atoms with van der Waals surface area (Å²) < 4.78 is 25.0. The second-order valence-electron chi connectivity index (χ2n) is 3.63. The lowest BCUT2D eigenvalue weighted by molar-refractivity contribution is 0.565. The summed E-state index contributed by atoms with van der Waals surface area (Å²) in [5.74, 6) is 0.578. The van der Waals surface area contributed by atoms with Gasteiger partial charge in [-0.2, -0.15) is 5.10 Å². The monoisotopic (exact) mass is 246 g/mol. The van der Waals surface area contributed by atoms with Crippen LogP contribution in [0.4, 0.5) is 0 Å². The third-order valence-corrected chi connectivity index (χ3v) is 3.75. The van der Waals surface area contributed by atoms with Crippen molar-refractivity contribution in [3.63, 3.8) is 0 Å². The van der Waals surface area contributed by atoms with Gasteiger partial charge < -0.3 is 5.73 Å². The Morgan fingerprint density at radius 2 is 2.25 bits per heavy atom. The SMILES string of the molecule is CCCn1ncnc1CS(=O)(=O)CCCN. The summed E-state index contributed by atoms with van der Waals surface area (Å²) in [5, 5.41) is 3.99. The van der Waals surface area contributed by atoms with Gasteiger partial charge in [-0.05, 0) is 19.4 Å². The molecule has 7 heteroatoms. The molecule has 6 nitrogen and oxygen atoms in total. The van der Waals surface area contributed by atoms with Gasteiger partial charge in [0.1, 0.15) is 17.9 Å². The fraction of sp³-hybridized carbons (Fsp3) is 0.778. The van der Waals surface area contributed by atoms with Gasteiger partial charge >= 0.3 is 0 Å². The average Bonchev–Trinajstić information content (AvgIpc) is 2.63. The zero-order valence-corrected chi connectivity index (χ0v) is 10.3. The van der Waals surface area contributed by atoms with Crippen molar-refractivity contribution in [3.8, 4) is 0 Å². The molecule has 0 fully saturated rings. The van der Waals surface area contributed by atoms with E-state index in [0.717, 1.165) is 6.42 Å². The molecule has 0 saturated carbocycles. The van der Waals surface area contributed by atoms with Gasteiger partial charge in [0.2, 0.25) is 0 Å². The van der Waals surface area contributed by atoms with Crippen molar-refractivity contribution < 1.29 is 8.42 Å². The van der Waals surface area contributed by atoms with Crippen LogP contribution < -0.4 is 5.73 Å². The highest BCUT2D eigenvalue weighted by Gasteiger charge is 2.15. The molecule has 16 heavy (non-hydrogen) atoms. The zero-order valence-electron chi connectivity index (χ0n) is 9.46. The molecular formula is C9H18N4O2S. The molecule has 2 N–H and O–H groups in total. The molecule has 0 unspecified atom stereocenters. The van der Waals surface area contributed by atoms with Crippen molar-refractivity contribution in [2.75, 3.05) is 12.3 Å². The van der Waals surface area contributed by atoms with E-state index in [2.05, 4.69) is 10.1 Å². The highest BCUT2D eigenvalue weighted by atomic mass is 32.2. The quantitative estimate of drug-likeness (QED) is 0.728. The Labute approximate surface area is 95.8 Å². The van der Waals surface area contributed by atoms with E-state index in [1.54, 1.807) is 4.68 Å². The van der Waals surface area contributed by atoms with Crippen molar-refractivity contribution in [2.45, 2.75) is 32.1 Å². The van der Waals surface area contributed by atoms with Crippen LogP contribution in [0.25, 0.3) is 0 Å². The third kappa shape index (κ3) is 3.90. The maximum absolute atomic E-state index is 11.7. The van der Waals surface area contributed by atoms with Gasteiger partial charge in [0.25, 0.3) is 0 Å². The van der Waals surface area contributed by atoms with E-state index < -0.39 is 9.84 Å². The second-order valence-corrected chi connectivity index (χ2v) is 5.82. The summed E-state index contributed by atoms with van der Waals surface area (Å²) in [4.78, 5) is 3.97. The lowest BCUT2D eigenvalue weighted by atomic mass is 10.5. The lowest BCUT2D eigenvalue weighted by Crippen LogP contribution is -2.16. The number of aryl methyl sites for hydroxylation is 1.